The fourth-order valence-electron chi connectivity index (χ4n) is 5.30. The Kier molecular flexibility index (Phi) is 6.02. The van der Waals surface area contributed by atoms with E-state index in [1.54, 1.807) is 4.90 Å². The van der Waals surface area contributed by atoms with Gasteiger partial charge >= 0.3 is 12.1 Å². The number of nitrogens with one attached hydrogen (secondary N) is 1. The Balaban J connectivity index is 1.21. The van der Waals surface area contributed by atoms with Crippen LogP contribution in [-0.2, 0) is 14.3 Å². The minimum atomic E-state index is -0.909. The fraction of sp³-hybridized carbons (Fsp3) is 0.444. The van der Waals surface area contributed by atoms with Crippen molar-refractivity contribution in [2.75, 3.05) is 13.2 Å². The quantitative estimate of drug-likeness (QED) is 0.579. The molecule has 0 radical (unpaired) electrons. The SMILES string of the molecule is O=C(O)CCN(C(=O)CC1(NC(=O)OCC2c3ccccc3-c3ccccc32)CCC1)C1CC1. The molecule has 0 unspecified atom stereocenters. The summed E-state index contributed by atoms with van der Waals surface area (Å²) in [5.74, 6) is -1.01. The number of fused-ring (bicyclic) bond motifs is 3. The summed E-state index contributed by atoms with van der Waals surface area (Å²) >= 11 is 0. The second kappa shape index (κ2) is 9.12. The molecule has 2 saturated carbocycles. The van der Waals surface area contributed by atoms with Crippen molar-refractivity contribution in [1.29, 1.82) is 0 Å². The zero-order valence-corrected chi connectivity index (χ0v) is 19.2. The number of carboxylic acids is 1. The lowest BCUT2D eigenvalue weighted by atomic mass is 9.74. The lowest BCUT2D eigenvalue weighted by molar-refractivity contribution is -0.139. The summed E-state index contributed by atoms with van der Waals surface area (Å²) < 4.78 is 5.70. The monoisotopic (exact) mass is 462 g/mol. The standard InChI is InChI=1S/C27H30N2O5/c30-24(29(18-10-11-18)15-12-25(31)32)16-27(13-5-14-27)28-26(33)34-17-23-21-8-3-1-6-19(21)20-7-2-4-9-22(20)23/h1-4,6-9,18,23H,5,10-17H2,(H,28,33)(H,31,32). The molecular weight excluding hydrogens is 432 g/mol. The van der Waals surface area contributed by atoms with Crippen molar-refractivity contribution >= 4 is 18.0 Å². The van der Waals surface area contributed by atoms with Gasteiger partial charge in [0.15, 0.2) is 0 Å². The molecule has 0 bridgehead atoms. The van der Waals surface area contributed by atoms with Crippen molar-refractivity contribution in [3.8, 4) is 11.1 Å². The molecule has 0 aliphatic heterocycles. The second-order valence-corrected chi connectivity index (χ2v) is 9.72. The van der Waals surface area contributed by atoms with Crippen LogP contribution in [-0.4, -0.2) is 52.7 Å². The first kappa shape index (κ1) is 22.4. The van der Waals surface area contributed by atoms with Crippen molar-refractivity contribution < 1.29 is 24.2 Å². The van der Waals surface area contributed by atoms with Gasteiger partial charge in [0.25, 0.3) is 0 Å². The molecule has 0 atom stereocenters. The van der Waals surface area contributed by atoms with E-state index in [1.165, 1.54) is 11.1 Å². The third kappa shape index (κ3) is 4.52. The second-order valence-electron chi connectivity index (χ2n) is 9.72. The number of benzene rings is 2. The number of carboxylic acid groups (broad SMARTS) is 1. The Hall–Kier alpha value is -3.35. The zero-order valence-electron chi connectivity index (χ0n) is 19.2. The first-order valence-corrected chi connectivity index (χ1v) is 12.1. The van der Waals surface area contributed by atoms with E-state index in [1.807, 2.05) is 24.3 Å². The molecule has 5 rings (SSSR count). The van der Waals surface area contributed by atoms with Gasteiger partial charge in [0, 0.05) is 18.5 Å². The lowest BCUT2D eigenvalue weighted by Crippen LogP contribution is -2.56. The highest BCUT2D eigenvalue weighted by Crippen LogP contribution is 2.44. The minimum absolute atomic E-state index is 0.0153. The number of rotatable bonds is 9. The van der Waals surface area contributed by atoms with E-state index < -0.39 is 17.6 Å². The van der Waals surface area contributed by atoms with Crippen LogP contribution in [0.1, 0.15) is 62.0 Å². The van der Waals surface area contributed by atoms with Crippen LogP contribution in [0.25, 0.3) is 11.1 Å². The average Bonchev–Trinajstić information content (AvgIpc) is 3.58. The Labute approximate surface area is 199 Å². The van der Waals surface area contributed by atoms with Gasteiger partial charge in [-0.25, -0.2) is 4.79 Å². The predicted octanol–water partition coefficient (Wildman–Crippen LogP) is 4.30. The Bertz CT molecular complexity index is 1060. The van der Waals surface area contributed by atoms with Crippen LogP contribution in [0.5, 0.6) is 0 Å². The van der Waals surface area contributed by atoms with Gasteiger partial charge in [0.05, 0.1) is 18.4 Å². The lowest BCUT2D eigenvalue weighted by Gasteiger charge is -2.42. The zero-order chi connectivity index (χ0) is 23.7. The summed E-state index contributed by atoms with van der Waals surface area (Å²) in [5.41, 5.74) is 4.06. The number of aliphatic carboxylic acids is 1. The van der Waals surface area contributed by atoms with E-state index >= 15 is 0 Å². The number of ether oxygens (including phenoxy) is 1. The molecule has 0 saturated heterocycles. The van der Waals surface area contributed by atoms with Crippen molar-refractivity contribution in [2.24, 2.45) is 0 Å². The van der Waals surface area contributed by atoms with Crippen molar-refractivity contribution in [3.63, 3.8) is 0 Å². The van der Waals surface area contributed by atoms with E-state index in [0.29, 0.717) is 0 Å². The van der Waals surface area contributed by atoms with Crippen molar-refractivity contribution in [1.82, 2.24) is 10.2 Å². The Morgan fingerprint density at radius 3 is 2.15 bits per heavy atom. The molecule has 34 heavy (non-hydrogen) atoms. The van der Waals surface area contributed by atoms with Crippen LogP contribution in [0.4, 0.5) is 4.79 Å². The number of alkyl carbamates (subject to hydrolysis) is 1. The molecule has 178 valence electrons. The topological polar surface area (TPSA) is 95.9 Å². The van der Waals surface area contributed by atoms with Gasteiger partial charge in [0.2, 0.25) is 5.91 Å². The van der Waals surface area contributed by atoms with Crippen LogP contribution < -0.4 is 5.32 Å². The molecular formula is C27H30N2O5. The molecule has 2 N–H and O–H groups in total. The molecule has 2 amide bonds. The maximum Gasteiger partial charge on any atom is 0.407 e. The van der Waals surface area contributed by atoms with Crippen LogP contribution >= 0.6 is 0 Å². The summed E-state index contributed by atoms with van der Waals surface area (Å²) in [4.78, 5) is 38.5. The number of carbonyl (C=O) groups is 3. The molecule has 3 aliphatic rings. The van der Waals surface area contributed by atoms with E-state index in [9.17, 15) is 14.4 Å². The van der Waals surface area contributed by atoms with Gasteiger partial charge in [-0.15, -0.1) is 0 Å². The fourth-order valence-corrected chi connectivity index (χ4v) is 5.30. The first-order chi connectivity index (χ1) is 16.5. The molecule has 2 fully saturated rings. The smallest absolute Gasteiger partial charge is 0.407 e. The van der Waals surface area contributed by atoms with Crippen LogP contribution in [0.3, 0.4) is 0 Å². The van der Waals surface area contributed by atoms with Gasteiger partial charge in [-0.2, -0.15) is 0 Å². The number of carbonyl (C=O) groups excluding carboxylic acids is 2. The molecule has 2 aromatic rings. The number of nitrogens with zero attached hydrogens (tertiary/aromatic N) is 1. The predicted molar refractivity (Wildman–Crippen MR) is 126 cm³/mol. The van der Waals surface area contributed by atoms with Gasteiger partial charge in [-0.1, -0.05) is 48.5 Å². The molecule has 7 nitrogen and oxygen atoms in total. The van der Waals surface area contributed by atoms with Crippen LogP contribution in [0.2, 0.25) is 0 Å². The third-order valence-corrected chi connectivity index (χ3v) is 7.39. The highest BCUT2D eigenvalue weighted by molar-refractivity contribution is 5.81. The van der Waals surface area contributed by atoms with Crippen LogP contribution in [0, 0.1) is 0 Å². The normalized spacial score (nSPS) is 17.8. The summed E-state index contributed by atoms with van der Waals surface area (Å²) in [6, 6.07) is 16.5. The van der Waals surface area contributed by atoms with E-state index in [0.717, 1.165) is 43.2 Å². The Morgan fingerprint density at radius 1 is 1.00 bits per heavy atom. The number of hydrogen-bond acceptors (Lipinski definition) is 4. The third-order valence-electron chi connectivity index (χ3n) is 7.39. The van der Waals surface area contributed by atoms with E-state index in [4.69, 9.17) is 9.84 Å². The minimum Gasteiger partial charge on any atom is -0.481 e. The first-order valence-electron chi connectivity index (χ1n) is 12.1. The molecule has 2 aromatic carbocycles. The van der Waals surface area contributed by atoms with Crippen molar-refractivity contribution in [2.45, 2.75) is 62.4 Å². The molecule has 0 aromatic heterocycles. The summed E-state index contributed by atoms with van der Waals surface area (Å²) in [5, 5.41) is 12.0. The largest absolute Gasteiger partial charge is 0.481 e. The van der Waals surface area contributed by atoms with Gasteiger partial charge in [-0.3, -0.25) is 9.59 Å². The summed E-state index contributed by atoms with van der Waals surface area (Å²) in [7, 11) is 0. The van der Waals surface area contributed by atoms with Gasteiger partial charge in [-0.05, 0) is 54.4 Å². The maximum atomic E-state index is 13.0. The van der Waals surface area contributed by atoms with Crippen LogP contribution in [0.15, 0.2) is 48.5 Å². The van der Waals surface area contributed by atoms with Crippen molar-refractivity contribution in [3.05, 3.63) is 59.7 Å². The maximum absolute atomic E-state index is 13.0. The molecule has 0 heterocycles. The highest BCUT2D eigenvalue weighted by Gasteiger charge is 2.44. The van der Waals surface area contributed by atoms with E-state index in [-0.39, 0.29) is 43.9 Å². The molecule has 7 heteroatoms. The van der Waals surface area contributed by atoms with E-state index in [2.05, 4.69) is 29.6 Å². The Morgan fingerprint density at radius 2 is 1.62 bits per heavy atom. The molecule has 3 aliphatic carbocycles. The van der Waals surface area contributed by atoms with Gasteiger partial charge < -0.3 is 20.1 Å². The highest BCUT2D eigenvalue weighted by atomic mass is 16.5. The summed E-state index contributed by atoms with van der Waals surface area (Å²) in [6.07, 6.45) is 3.84. The average molecular weight is 463 g/mol. The number of amides is 2. The molecule has 0 spiro atoms. The summed E-state index contributed by atoms with van der Waals surface area (Å²) in [6.45, 7) is 0.455. The number of hydrogen-bond donors (Lipinski definition) is 2. The van der Waals surface area contributed by atoms with Gasteiger partial charge in [0.1, 0.15) is 6.61 Å².